The summed E-state index contributed by atoms with van der Waals surface area (Å²) < 4.78 is 49.4. The highest BCUT2D eigenvalue weighted by Gasteiger charge is 2.17. The molecule has 0 saturated heterocycles. The predicted molar refractivity (Wildman–Crippen MR) is 112 cm³/mol. The number of rotatable bonds is 7. The van der Waals surface area contributed by atoms with Gasteiger partial charge in [-0.2, -0.15) is 13.7 Å². The number of nitriles is 1. The molecule has 0 unspecified atom stereocenters. The van der Waals surface area contributed by atoms with Gasteiger partial charge in [-0.3, -0.25) is 13.9 Å². The highest BCUT2D eigenvalue weighted by atomic mass is 35.5. The number of aromatic nitrogens is 2. The zero-order chi connectivity index (χ0) is 23.5. The lowest BCUT2D eigenvalue weighted by molar-refractivity contribution is 0.281. The SMILES string of the molecule is Cn1c(=O)ccn(CCOc2cc(S(=O)(=O)F)ccc2Oc2cc(Cl)cc(C#N)c2)c1=O. The van der Waals surface area contributed by atoms with Gasteiger partial charge in [-0.25, -0.2) is 4.79 Å². The molecular weight excluding hydrogens is 465 g/mol. The lowest BCUT2D eigenvalue weighted by atomic mass is 10.2. The smallest absolute Gasteiger partial charge is 0.332 e. The molecule has 166 valence electrons. The number of nitrogens with zero attached hydrogens (tertiary/aromatic N) is 3. The molecule has 12 heteroatoms. The normalized spacial score (nSPS) is 11.1. The Bertz CT molecular complexity index is 1440. The van der Waals surface area contributed by atoms with Gasteiger partial charge in [-0.1, -0.05) is 11.6 Å². The van der Waals surface area contributed by atoms with Crippen LogP contribution in [0.4, 0.5) is 3.89 Å². The molecule has 0 radical (unpaired) electrons. The molecule has 0 aliphatic heterocycles. The quantitative estimate of drug-likeness (QED) is 0.477. The van der Waals surface area contributed by atoms with Crippen LogP contribution in [0.2, 0.25) is 5.02 Å². The zero-order valence-electron chi connectivity index (χ0n) is 16.5. The highest BCUT2D eigenvalue weighted by Crippen LogP contribution is 2.35. The molecule has 0 atom stereocenters. The van der Waals surface area contributed by atoms with Crippen molar-refractivity contribution in [1.29, 1.82) is 5.26 Å². The Morgan fingerprint density at radius 2 is 1.88 bits per heavy atom. The van der Waals surface area contributed by atoms with Crippen LogP contribution >= 0.6 is 11.6 Å². The van der Waals surface area contributed by atoms with E-state index < -0.39 is 26.4 Å². The van der Waals surface area contributed by atoms with Crippen molar-refractivity contribution in [3.63, 3.8) is 0 Å². The minimum atomic E-state index is -5.02. The summed E-state index contributed by atoms with van der Waals surface area (Å²) in [5.74, 6) is 0.0699. The van der Waals surface area contributed by atoms with Crippen LogP contribution in [0.3, 0.4) is 0 Å². The van der Waals surface area contributed by atoms with Crippen molar-refractivity contribution in [2.75, 3.05) is 6.61 Å². The lowest BCUT2D eigenvalue weighted by Gasteiger charge is -2.14. The second-order valence-corrected chi connectivity index (χ2v) is 8.26. The van der Waals surface area contributed by atoms with Gasteiger partial charge < -0.3 is 9.47 Å². The Morgan fingerprint density at radius 3 is 2.56 bits per heavy atom. The van der Waals surface area contributed by atoms with E-state index in [0.717, 1.165) is 16.7 Å². The van der Waals surface area contributed by atoms with E-state index in [2.05, 4.69) is 0 Å². The molecular formula is C20H15ClFN3O6S. The number of hydrogen-bond acceptors (Lipinski definition) is 7. The van der Waals surface area contributed by atoms with Gasteiger partial charge in [0, 0.05) is 30.4 Å². The highest BCUT2D eigenvalue weighted by molar-refractivity contribution is 7.86. The molecule has 0 N–H and O–H groups in total. The fraction of sp³-hybridized carbons (Fsp3) is 0.150. The third kappa shape index (κ3) is 5.35. The number of halogens is 2. The number of benzene rings is 2. The first kappa shape index (κ1) is 23.1. The van der Waals surface area contributed by atoms with Gasteiger partial charge in [0.1, 0.15) is 17.3 Å². The Labute approximate surface area is 186 Å². The van der Waals surface area contributed by atoms with Crippen LogP contribution in [-0.2, 0) is 23.8 Å². The molecule has 3 aromatic rings. The molecule has 0 amide bonds. The van der Waals surface area contributed by atoms with Crippen molar-refractivity contribution in [3.05, 3.63) is 80.1 Å². The molecule has 2 aromatic carbocycles. The average Bonchev–Trinajstić information content (AvgIpc) is 2.73. The molecule has 1 aromatic heterocycles. The Morgan fingerprint density at radius 1 is 1.12 bits per heavy atom. The van der Waals surface area contributed by atoms with Crippen molar-refractivity contribution >= 4 is 21.8 Å². The third-order valence-electron chi connectivity index (χ3n) is 4.27. The summed E-state index contributed by atoms with van der Waals surface area (Å²) >= 11 is 5.96. The average molecular weight is 480 g/mol. The second-order valence-electron chi connectivity index (χ2n) is 6.47. The monoisotopic (exact) mass is 479 g/mol. The molecule has 3 rings (SSSR count). The minimum Gasteiger partial charge on any atom is -0.488 e. The molecule has 32 heavy (non-hydrogen) atoms. The van der Waals surface area contributed by atoms with Crippen LogP contribution in [0.25, 0.3) is 0 Å². The summed E-state index contributed by atoms with van der Waals surface area (Å²) in [6.07, 6.45) is 1.29. The zero-order valence-corrected chi connectivity index (χ0v) is 18.1. The summed E-state index contributed by atoms with van der Waals surface area (Å²) in [6, 6.07) is 10.5. The van der Waals surface area contributed by atoms with Crippen molar-refractivity contribution < 1.29 is 21.8 Å². The number of ether oxygens (including phenoxy) is 2. The van der Waals surface area contributed by atoms with Crippen LogP contribution in [-0.4, -0.2) is 24.2 Å². The summed E-state index contributed by atoms with van der Waals surface area (Å²) in [5, 5.41) is 9.30. The van der Waals surface area contributed by atoms with Crippen LogP contribution in [0, 0.1) is 11.3 Å². The molecule has 1 heterocycles. The first-order valence-electron chi connectivity index (χ1n) is 8.95. The van der Waals surface area contributed by atoms with Crippen LogP contribution in [0.15, 0.2) is 63.1 Å². The Balaban J connectivity index is 1.90. The second kappa shape index (κ2) is 9.25. The molecule has 0 saturated carbocycles. The maximum absolute atomic E-state index is 13.5. The summed E-state index contributed by atoms with van der Waals surface area (Å²) in [5.41, 5.74) is -0.811. The summed E-state index contributed by atoms with van der Waals surface area (Å²) in [4.78, 5) is 22.9. The van der Waals surface area contributed by atoms with E-state index in [1.54, 1.807) is 0 Å². The van der Waals surface area contributed by atoms with E-state index in [9.17, 15) is 21.9 Å². The van der Waals surface area contributed by atoms with Gasteiger partial charge in [0.05, 0.1) is 18.2 Å². The maximum Gasteiger partial charge on any atom is 0.332 e. The van der Waals surface area contributed by atoms with E-state index in [0.29, 0.717) is 0 Å². The molecule has 0 bridgehead atoms. The van der Waals surface area contributed by atoms with Crippen LogP contribution < -0.4 is 20.7 Å². The third-order valence-corrected chi connectivity index (χ3v) is 5.31. The fourth-order valence-electron chi connectivity index (χ4n) is 2.69. The molecule has 0 spiro atoms. The summed E-state index contributed by atoms with van der Waals surface area (Å²) in [6.45, 7) is -0.127. The van der Waals surface area contributed by atoms with Crippen molar-refractivity contribution in [2.24, 2.45) is 7.05 Å². The molecule has 9 nitrogen and oxygen atoms in total. The van der Waals surface area contributed by atoms with E-state index in [1.165, 1.54) is 48.1 Å². The van der Waals surface area contributed by atoms with Gasteiger partial charge in [0.15, 0.2) is 11.5 Å². The van der Waals surface area contributed by atoms with Gasteiger partial charge in [-0.15, -0.1) is 3.89 Å². The largest absolute Gasteiger partial charge is 0.488 e. The van der Waals surface area contributed by atoms with Gasteiger partial charge in [0.25, 0.3) is 5.56 Å². The van der Waals surface area contributed by atoms with Gasteiger partial charge >= 0.3 is 15.9 Å². The minimum absolute atomic E-state index is 0.00867. The Kier molecular flexibility index (Phi) is 6.67. The number of hydrogen-bond donors (Lipinski definition) is 0. The first-order valence-corrected chi connectivity index (χ1v) is 10.7. The molecule has 0 aliphatic rings. The van der Waals surface area contributed by atoms with E-state index in [4.69, 9.17) is 26.3 Å². The van der Waals surface area contributed by atoms with Crippen molar-refractivity contribution in [3.8, 4) is 23.3 Å². The van der Waals surface area contributed by atoms with Crippen LogP contribution in [0.1, 0.15) is 5.56 Å². The van der Waals surface area contributed by atoms with Crippen molar-refractivity contribution in [1.82, 2.24) is 9.13 Å². The van der Waals surface area contributed by atoms with Gasteiger partial charge in [0.2, 0.25) is 0 Å². The molecule has 0 aliphatic carbocycles. The van der Waals surface area contributed by atoms with E-state index in [-0.39, 0.29) is 41.0 Å². The lowest BCUT2D eigenvalue weighted by Crippen LogP contribution is -2.37. The summed E-state index contributed by atoms with van der Waals surface area (Å²) in [7, 11) is -3.70. The standard InChI is InChI=1S/C20H15ClFN3O6S/c1-24-19(26)4-5-25(20(24)27)6-7-30-18-11-16(32(22,28)29)2-3-17(18)31-15-9-13(12-23)8-14(21)10-15/h2-5,8-11H,6-7H2,1H3. The van der Waals surface area contributed by atoms with E-state index >= 15 is 0 Å². The topological polar surface area (TPSA) is 120 Å². The maximum atomic E-state index is 13.5. The van der Waals surface area contributed by atoms with Crippen molar-refractivity contribution in [2.45, 2.75) is 11.4 Å². The predicted octanol–water partition coefficient (Wildman–Crippen LogP) is 2.60. The fourth-order valence-corrected chi connectivity index (χ4v) is 3.39. The molecule has 0 fully saturated rings. The van der Waals surface area contributed by atoms with Gasteiger partial charge in [-0.05, 0) is 30.3 Å². The van der Waals surface area contributed by atoms with Crippen LogP contribution in [0.5, 0.6) is 17.2 Å². The first-order chi connectivity index (χ1) is 15.1. The Hall–Kier alpha value is -3.62. The van der Waals surface area contributed by atoms with E-state index in [1.807, 2.05) is 6.07 Å².